The molecule has 0 aromatic heterocycles. The summed E-state index contributed by atoms with van der Waals surface area (Å²) in [5.74, 6) is 0.277. The molecule has 2 amide bonds. The largest absolute Gasteiger partial charge is 0.381 e. The first kappa shape index (κ1) is 19.8. The van der Waals surface area contributed by atoms with Gasteiger partial charge in [-0.3, -0.25) is 14.5 Å². The Morgan fingerprint density at radius 2 is 1.81 bits per heavy atom. The highest BCUT2D eigenvalue weighted by Gasteiger charge is 2.44. The van der Waals surface area contributed by atoms with Gasteiger partial charge < -0.3 is 15.0 Å². The van der Waals surface area contributed by atoms with Gasteiger partial charge in [-0.05, 0) is 31.7 Å². The van der Waals surface area contributed by atoms with Crippen molar-refractivity contribution >= 4 is 11.8 Å². The van der Waals surface area contributed by atoms with E-state index in [9.17, 15) is 9.59 Å². The van der Waals surface area contributed by atoms with E-state index in [1.807, 2.05) is 30.0 Å². The van der Waals surface area contributed by atoms with Crippen LogP contribution in [0.3, 0.4) is 0 Å². The predicted octanol–water partition coefficient (Wildman–Crippen LogP) is 1.41. The molecule has 6 nitrogen and oxygen atoms in total. The van der Waals surface area contributed by atoms with Crippen LogP contribution in [0.4, 0.5) is 0 Å². The maximum atomic E-state index is 13.6. The number of nitrogens with zero attached hydrogens (tertiary/aromatic N) is 2. The van der Waals surface area contributed by atoms with Gasteiger partial charge in [0.15, 0.2) is 0 Å². The van der Waals surface area contributed by atoms with Crippen LogP contribution < -0.4 is 5.32 Å². The minimum Gasteiger partial charge on any atom is -0.381 e. The molecule has 0 radical (unpaired) electrons. The number of benzene rings is 1. The molecular formula is C21H31N3O3. The molecule has 0 unspecified atom stereocenters. The van der Waals surface area contributed by atoms with E-state index in [0.717, 1.165) is 44.5 Å². The smallest absolute Gasteiger partial charge is 0.234 e. The van der Waals surface area contributed by atoms with Crippen molar-refractivity contribution in [2.45, 2.75) is 31.6 Å². The van der Waals surface area contributed by atoms with Crippen molar-refractivity contribution in [3.05, 3.63) is 35.9 Å². The quantitative estimate of drug-likeness (QED) is 0.848. The maximum absolute atomic E-state index is 13.6. The number of rotatable bonds is 5. The molecule has 0 saturated carbocycles. The normalized spacial score (nSPS) is 20.7. The second-order valence-corrected chi connectivity index (χ2v) is 7.44. The van der Waals surface area contributed by atoms with Crippen LogP contribution in [0.25, 0.3) is 0 Å². The van der Waals surface area contributed by atoms with Gasteiger partial charge in [0.05, 0.1) is 12.0 Å². The van der Waals surface area contributed by atoms with Crippen LogP contribution in [0.1, 0.15) is 31.7 Å². The topological polar surface area (TPSA) is 61.9 Å². The number of amides is 2. The third kappa shape index (κ3) is 4.68. The molecule has 1 aromatic carbocycles. The van der Waals surface area contributed by atoms with Gasteiger partial charge in [0.25, 0.3) is 0 Å². The highest BCUT2D eigenvalue weighted by molar-refractivity contribution is 5.88. The number of ether oxygens (including phenoxy) is 1. The molecule has 1 aromatic rings. The molecular weight excluding hydrogens is 342 g/mol. The van der Waals surface area contributed by atoms with Crippen molar-refractivity contribution in [3.63, 3.8) is 0 Å². The molecule has 2 heterocycles. The van der Waals surface area contributed by atoms with Crippen LogP contribution in [-0.4, -0.2) is 74.1 Å². The fourth-order valence-corrected chi connectivity index (χ4v) is 4.19. The number of hydrogen-bond acceptors (Lipinski definition) is 4. The van der Waals surface area contributed by atoms with Gasteiger partial charge in [-0.2, -0.15) is 0 Å². The second kappa shape index (κ2) is 9.33. The fourth-order valence-electron chi connectivity index (χ4n) is 4.19. The average Bonchev–Trinajstić information content (AvgIpc) is 2.94. The molecule has 27 heavy (non-hydrogen) atoms. The van der Waals surface area contributed by atoms with Crippen molar-refractivity contribution < 1.29 is 14.3 Å². The fraction of sp³-hybridized carbons (Fsp3) is 0.619. The summed E-state index contributed by atoms with van der Waals surface area (Å²) in [5, 5.41) is 2.85. The van der Waals surface area contributed by atoms with Crippen molar-refractivity contribution in [2.75, 3.05) is 52.5 Å². The Hall–Kier alpha value is -1.92. The molecule has 2 aliphatic rings. The highest BCUT2D eigenvalue weighted by Crippen LogP contribution is 2.37. The van der Waals surface area contributed by atoms with Gasteiger partial charge in [-0.1, -0.05) is 30.3 Å². The van der Waals surface area contributed by atoms with E-state index in [-0.39, 0.29) is 11.8 Å². The lowest BCUT2D eigenvalue weighted by Gasteiger charge is -2.40. The van der Waals surface area contributed by atoms with E-state index in [1.54, 1.807) is 0 Å². The Labute approximate surface area is 161 Å². The molecule has 0 bridgehead atoms. The average molecular weight is 373 g/mol. The lowest BCUT2D eigenvalue weighted by atomic mass is 9.73. The van der Waals surface area contributed by atoms with Gasteiger partial charge in [0, 0.05) is 45.9 Å². The third-order valence-corrected chi connectivity index (χ3v) is 5.70. The maximum Gasteiger partial charge on any atom is 0.234 e. The zero-order valence-corrected chi connectivity index (χ0v) is 16.3. The summed E-state index contributed by atoms with van der Waals surface area (Å²) in [6.07, 6.45) is 2.36. The number of hydrogen-bond donors (Lipinski definition) is 1. The molecule has 0 spiro atoms. The minimum absolute atomic E-state index is 0.0578. The van der Waals surface area contributed by atoms with E-state index < -0.39 is 5.41 Å². The van der Waals surface area contributed by atoms with E-state index in [2.05, 4.69) is 22.3 Å². The van der Waals surface area contributed by atoms with Crippen molar-refractivity contribution in [2.24, 2.45) is 0 Å². The Morgan fingerprint density at radius 1 is 1.07 bits per heavy atom. The minimum atomic E-state index is -0.478. The van der Waals surface area contributed by atoms with Crippen LogP contribution in [0, 0.1) is 0 Å². The molecule has 2 fully saturated rings. The molecule has 3 rings (SSSR count). The highest BCUT2D eigenvalue weighted by atomic mass is 16.5. The van der Waals surface area contributed by atoms with Crippen LogP contribution in [0.2, 0.25) is 0 Å². The Morgan fingerprint density at radius 3 is 2.52 bits per heavy atom. The van der Waals surface area contributed by atoms with Crippen molar-refractivity contribution in [1.82, 2.24) is 15.1 Å². The summed E-state index contributed by atoms with van der Waals surface area (Å²) in [6.45, 7) is 7.25. The Bertz CT molecular complexity index is 629. The van der Waals surface area contributed by atoms with Gasteiger partial charge >= 0.3 is 0 Å². The SMILES string of the molecule is CCNC(=O)CN1CCCN(C(=O)C2(c3ccccc3)CCOCC2)CC1. The summed E-state index contributed by atoms with van der Waals surface area (Å²) >= 11 is 0. The Balaban J connectivity index is 1.70. The predicted molar refractivity (Wildman–Crippen MR) is 104 cm³/mol. The molecule has 2 aliphatic heterocycles. The first-order valence-corrected chi connectivity index (χ1v) is 10.1. The van der Waals surface area contributed by atoms with E-state index in [1.165, 1.54) is 0 Å². The zero-order valence-electron chi connectivity index (χ0n) is 16.3. The lowest BCUT2D eigenvalue weighted by Crippen LogP contribution is -2.51. The number of carbonyl (C=O) groups is 2. The summed E-state index contributed by atoms with van der Waals surface area (Å²) in [6, 6.07) is 10.2. The molecule has 0 aliphatic carbocycles. The standard InChI is InChI=1S/C21H31N3O3/c1-2-22-19(25)17-23-11-6-12-24(14-13-23)20(26)21(9-15-27-16-10-21)18-7-4-3-5-8-18/h3-5,7-8H,2,6,9-17H2,1H3,(H,22,25). The summed E-state index contributed by atoms with van der Waals surface area (Å²) in [4.78, 5) is 29.7. The van der Waals surface area contributed by atoms with E-state index in [0.29, 0.717) is 32.8 Å². The van der Waals surface area contributed by atoms with E-state index in [4.69, 9.17) is 4.74 Å². The van der Waals surface area contributed by atoms with Crippen LogP contribution in [0.15, 0.2) is 30.3 Å². The summed E-state index contributed by atoms with van der Waals surface area (Å²) < 4.78 is 5.57. The van der Waals surface area contributed by atoms with Crippen molar-refractivity contribution in [3.8, 4) is 0 Å². The molecule has 6 heteroatoms. The van der Waals surface area contributed by atoms with E-state index >= 15 is 0 Å². The second-order valence-electron chi connectivity index (χ2n) is 7.44. The molecule has 1 N–H and O–H groups in total. The van der Waals surface area contributed by atoms with Crippen LogP contribution in [0.5, 0.6) is 0 Å². The number of carbonyl (C=O) groups excluding carboxylic acids is 2. The van der Waals surface area contributed by atoms with Crippen molar-refractivity contribution in [1.29, 1.82) is 0 Å². The monoisotopic (exact) mass is 373 g/mol. The third-order valence-electron chi connectivity index (χ3n) is 5.70. The molecule has 2 saturated heterocycles. The molecule has 0 atom stereocenters. The van der Waals surface area contributed by atoms with Gasteiger partial charge in [0.2, 0.25) is 11.8 Å². The number of nitrogens with one attached hydrogen (secondary N) is 1. The van der Waals surface area contributed by atoms with Gasteiger partial charge in [-0.25, -0.2) is 0 Å². The summed E-state index contributed by atoms with van der Waals surface area (Å²) in [5.41, 5.74) is 0.621. The first-order chi connectivity index (χ1) is 13.2. The molecule has 148 valence electrons. The summed E-state index contributed by atoms with van der Waals surface area (Å²) in [7, 11) is 0. The lowest BCUT2D eigenvalue weighted by molar-refractivity contribution is -0.141. The van der Waals surface area contributed by atoms with Gasteiger partial charge in [0.1, 0.15) is 0 Å². The van der Waals surface area contributed by atoms with Gasteiger partial charge in [-0.15, -0.1) is 0 Å². The van der Waals surface area contributed by atoms with Crippen LogP contribution in [-0.2, 0) is 19.7 Å². The Kier molecular flexibility index (Phi) is 6.85. The van der Waals surface area contributed by atoms with Crippen LogP contribution >= 0.6 is 0 Å². The number of likely N-dealkylation sites (N-methyl/N-ethyl adjacent to an activating group) is 1. The first-order valence-electron chi connectivity index (χ1n) is 10.1. The zero-order chi connectivity index (χ0) is 19.1.